The number of hydrogen-bond donors (Lipinski definition) is 2. The third kappa shape index (κ3) is 3.14. The van der Waals surface area contributed by atoms with E-state index < -0.39 is 4.92 Å². The van der Waals surface area contributed by atoms with Crippen molar-refractivity contribution in [2.24, 2.45) is 0 Å². The van der Waals surface area contributed by atoms with E-state index in [4.69, 9.17) is 0 Å². The van der Waals surface area contributed by atoms with Gasteiger partial charge in [0.2, 0.25) is 0 Å². The van der Waals surface area contributed by atoms with E-state index in [9.17, 15) is 14.9 Å². The standard InChI is InChI=1S/C14H19N3O3/c1-9-4-3-5-12(13(9)17(19)20)14(18)16-11-6-7-15-10(2)8-11/h3-5,10-11,15H,6-8H2,1-2H3,(H,16,18). The Balaban J connectivity index is 2.17. The minimum absolute atomic E-state index is 0.0684. The van der Waals surface area contributed by atoms with E-state index >= 15 is 0 Å². The Morgan fingerprint density at radius 1 is 1.50 bits per heavy atom. The Bertz CT molecular complexity index is 530. The summed E-state index contributed by atoms with van der Waals surface area (Å²) in [7, 11) is 0. The second-order valence-corrected chi connectivity index (χ2v) is 5.28. The Hall–Kier alpha value is -1.95. The second kappa shape index (κ2) is 6.00. The summed E-state index contributed by atoms with van der Waals surface area (Å²) < 4.78 is 0. The molecular weight excluding hydrogens is 258 g/mol. The molecule has 0 bridgehead atoms. The molecule has 2 N–H and O–H groups in total. The number of nitrogens with zero attached hydrogens (tertiary/aromatic N) is 1. The summed E-state index contributed by atoms with van der Waals surface area (Å²) in [5.41, 5.74) is 0.537. The van der Waals surface area contributed by atoms with Crippen molar-refractivity contribution >= 4 is 11.6 Å². The number of nitrogens with one attached hydrogen (secondary N) is 2. The number of benzene rings is 1. The molecule has 2 rings (SSSR count). The van der Waals surface area contributed by atoms with Crippen LogP contribution in [0.25, 0.3) is 0 Å². The average molecular weight is 277 g/mol. The zero-order valence-electron chi connectivity index (χ0n) is 11.7. The van der Waals surface area contributed by atoms with Crippen molar-refractivity contribution < 1.29 is 9.72 Å². The molecule has 1 aromatic rings. The van der Waals surface area contributed by atoms with Crippen molar-refractivity contribution in [2.75, 3.05) is 6.54 Å². The normalized spacial score (nSPS) is 22.3. The lowest BCUT2D eigenvalue weighted by molar-refractivity contribution is -0.385. The van der Waals surface area contributed by atoms with Crippen LogP contribution in [0.5, 0.6) is 0 Å². The van der Waals surface area contributed by atoms with Crippen LogP contribution in [0.3, 0.4) is 0 Å². The molecule has 6 nitrogen and oxygen atoms in total. The van der Waals surface area contributed by atoms with Crippen LogP contribution in [0, 0.1) is 17.0 Å². The van der Waals surface area contributed by atoms with Crippen molar-refractivity contribution in [2.45, 2.75) is 38.8 Å². The monoisotopic (exact) mass is 277 g/mol. The first-order chi connectivity index (χ1) is 9.49. The number of aryl methyl sites for hydroxylation is 1. The fraction of sp³-hybridized carbons (Fsp3) is 0.500. The van der Waals surface area contributed by atoms with Gasteiger partial charge in [0.25, 0.3) is 11.6 Å². The minimum atomic E-state index is -0.491. The summed E-state index contributed by atoms with van der Waals surface area (Å²) in [5, 5.41) is 17.3. The third-order valence-corrected chi connectivity index (χ3v) is 3.62. The van der Waals surface area contributed by atoms with Crippen LogP contribution >= 0.6 is 0 Å². The molecule has 0 spiro atoms. The van der Waals surface area contributed by atoms with E-state index in [1.807, 2.05) is 0 Å². The molecule has 1 aliphatic rings. The molecule has 20 heavy (non-hydrogen) atoms. The predicted molar refractivity (Wildman–Crippen MR) is 75.8 cm³/mol. The highest BCUT2D eigenvalue weighted by molar-refractivity contribution is 5.98. The Labute approximate surface area is 117 Å². The highest BCUT2D eigenvalue weighted by Gasteiger charge is 2.25. The van der Waals surface area contributed by atoms with Gasteiger partial charge in [-0.2, -0.15) is 0 Å². The Morgan fingerprint density at radius 2 is 2.25 bits per heavy atom. The number of hydrogen-bond acceptors (Lipinski definition) is 4. The molecule has 6 heteroatoms. The maximum atomic E-state index is 12.3. The highest BCUT2D eigenvalue weighted by Crippen LogP contribution is 2.23. The Morgan fingerprint density at radius 3 is 2.90 bits per heavy atom. The van der Waals surface area contributed by atoms with Crippen molar-refractivity contribution in [1.29, 1.82) is 0 Å². The quantitative estimate of drug-likeness (QED) is 0.651. The van der Waals surface area contributed by atoms with E-state index in [2.05, 4.69) is 17.6 Å². The van der Waals surface area contributed by atoms with Crippen LogP contribution in [0.2, 0.25) is 0 Å². The topological polar surface area (TPSA) is 84.3 Å². The van der Waals surface area contributed by atoms with Crippen molar-refractivity contribution in [3.05, 3.63) is 39.4 Å². The van der Waals surface area contributed by atoms with Crippen molar-refractivity contribution in [3.63, 3.8) is 0 Å². The summed E-state index contributed by atoms with van der Waals surface area (Å²) in [4.78, 5) is 22.9. The summed E-state index contributed by atoms with van der Waals surface area (Å²) in [5.74, 6) is -0.362. The number of carbonyl (C=O) groups is 1. The molecular formula is C14H19N3O3. The van der Waals surface area contributed by atoms with Gasteiger partial charge < -0.3 is 10.6 Å². The zero-order chi connectivity index (χ0) is 14.7. The number of piperidine rings is 1. The molecule has 108 valence electrons. The maximum Gasteiger partial charge on any atom is 0.285 e. The largest absolute Gasteiger partial charge is 0.349 e. The number of nitro benzene ring substituents is 1. The number of rotatable bonds is 3. The predicted octanol–water partition coefficient (Wildman–Crippen LogP) is 1.77. The van der Waals surface area contributed by atoms with Gasteiger partial charge in [0.05, 0.1) is 4.92 Å². The molecule has 1 fully saturated rings. The maximum absolute atomic E-state index is 12.3. The van der Waals surface area contributed by atoms with E-state index in [-0.39, 0.29) is 23.2 Å². The first kappa shape index (κ1) is 14.5. The van der Waals surface area contributed by atoms with E-state index in [1.165, 1.54) is 6.07 Å². The van der Waals surface area contributed by atoms with Crippen LogP contribution in [0.4, 0.5) is 5.69 Å². The van der Waals surface area contributed by atoms with Gasteiger partial charge >= 0.3 is 0 Å². The first-order valence-electron chi connectivity index (χ1n) is 6.77. The van der Waals surface area contributed by atoms with E-state index in [0.717, 1.165) is 19.4 Å². The van der Waals surface area contributed by atoms with Crippen LogP contribution in [0.15, 0.2) is 18.2 Å². The van der Waals surface area contributed by atoms with E-state index in [0.29, 0.717) is 11.6 Å². The number of para-hydroxylation sites is 1. The molecule has 2 unspecified atom stereocenters. The third-order valence-electron chi connectivity index (χ3n) is 3.62. The first-order valence-corrected chi connectivity index (χ1v) is 6.77. The van der Waals surface area contributed by atoms with Crippen LogP contribution < -0.4 is 10.6 Å². The number of nitro groups is 1. The Kier molecular flexibility index (Phi) is 4.34. The van der Waals surface area contributed by atoms with Crippen LogP contribution in [0.1, 0.15) is 35.7 Å². The van der Waals surface area contributed by atoms with Crippen LogP contribution in [-0.4, -0.2) is 29.5 Å². The number of amides is 1. The molecule has 1 aliphatic heterocycles. The minimum Gasteiger partial charge on any atom is -0.349 e. The summed E-state index contributed by atoms with van der Waals surface area (Å²) in [6.07, 6.45) is 1.68. The number of carbonyl (C=O) groups excluding carboxylic acids is 1. The molecule has 1 aromatic carbocycles. The van der Waals surface area contributed by atoms with Gasteiger partial charge in [-0.1, -0.05) is 12.1 Å². The fourth-order valence-corrected chi connectivity index (χ4v) is 2.61. The lowest BCUT2D eigenvalue weighted by atomic mass is 9.99. The second-order valence-electron chi connectivity index (χ2n) is 5.28. The van der Waals surface area contributed by atoms with Gasteiger partial charge in [-0.15, -0.1) is 0 Å². The van der Waals surface area contributed by atoms with Gasteiger partial charge in [-0.25, -0.2) is 0 Å². The molecule has 1 saturated heterocycles. The molecule has 0 aliphatic carbocycles. The fourth-order valence-electron chi connectivity index (χ4n) is 2.61. The van der Waals surface area contributed by atoms with Crippen molar-refractivity contribution in [3.8, 4) is 0 Å². The smallest absolute Gasteiger partial charge is 0.285 e. The van der Waals surface area contributed by atoms with Gasteiger partial charge in [0.15, 0.2) is 0 Å². The molecule has 1 heterocycles. The van der Waals surface area contributed by atoms with E-state index in [1.54, 1.807) is 19.1 Å². The van der Waals surface area contributed by atoms with Crippen molar-refractivity contribution in [1.82, 2.24) is 10.6 Å². The van der Waals surface area contributed by atoms with Crippen LogP contribution in [-0.2, 0) is 0 Å². The zero-order valence-corrected chi connectivity index (χ0v) is 11.7. The lowest BCUT2D eigenvalue weighted by Crippen LogP contribution is -2.46. The highest BCUT2D eigenvalue weighted by atomic mass is 16.6. The summed E-state index contributed by atoms with van der Waals surface area (Å²) in [6, 6.07) is 5.23. The van der Waals surface area contributed by atoms with Gasteiger partial charge in [-0.3, -0.25) is 14.9 Å². The molecule has 1 amide bonds. The summed E-state index contributed by atoms with van der Waals surface area (Å²) >= 11 is 0. The molecule has 0 aromatic heterocycles. The molecule has 0 saturated carbocycles. The summed E-state index contributed by atoms with van der Waals surface area (Å²) in [6.45, 7) is 4.55. The van der Waals surface area contributed by atoms with Gasteiger partial charge in [0.1, 0.15) is 5.56 Å². The average Bonchev–Trinajstić information content (AvgIpc) is 2.37. The molecule has 2 atom stereocenters. The molecule has 0 radical (unpaired) electrons. The van der Waals surface area contributed by atoms with Gasteiger partial charge in [0, 0.05) is 17.6 Å². The SMILES string of the molecule is Cc1cccc(C(=O)NC2CCNC(C)C2)c1[N+](=O)[O-]. The van der Waals surface area contributed by atoms with Gasteiger partial charge in [-0.05, 0) is 39.3 Å². The lowest BCUT2D eigenvalue weighted by Gasteiger charge is -2.28.